The molecule has 1 aromatic carbocycles. The molecule has 1 aromatic rings. The first kappa shape index (κ1) is 23.2. The second-order valence-corrected chi connectivity index (χ2v) is 7.24. The van der Waals surface area contributed by atoms with Crippen LogP contribution in [0.15, 0.2) is 36.4 Å². The molecule has 9 atom stereocenters. The Morgan fingerprint density at radius 2 is 1.53 bits per heavy atom. The van der Waals surface area contributed by atoms with Crippen molar-refractivity contribution >= 4 is 6.08 Å². The molecule has 0 saturated carbocycles. The van der Waals surface area contributed by atoms with Gasteiger partial charge in [-0.1, -0.05) is 42.5 Å². The smallest absolute Gasteiger partial charge is 0.187 e. The topological polar surface area (TPSA) is 158 Å². The third kappa shape index (κ3) is 5.62. The maximum atomic E-state index is 10.2. The SMILES string of the molecule is O[C@@H]1[C@@H](O)[C@@H](OCC=Cc2ccccc2)O[C@H](CO[C@@H]2OC[C@@H](O)[C@H](O)[C@H]2O)[C@H]1O. The Morgan fingerprint density at radius 1 is 0.833 bits per heavy atom. The molecule has 0 bridgehead atoms. The number of aliphatic hydroxyl groups excluding tert-OH is 6. The van der Waals surface area contributed by atoms with Gasteiger partial charge in [-0.2, -0.15) is 0 Å². The van der Waals surface area contributed by atoms with Crippen molar-refractivity contribution in [3.8, 4) is 0 Å². The molecule has 0 radical (unpaired) electrons. The molecule has 3 rings (SSSR count). The highest BCUT2D eigenvalue weighted by atomic mass is 16.7. The van der Waals surface area contributed by atoms with Crippen molar-refractivity contribution < 1.29 is 49.6 Å². The number of rotatable bonds is 7. The molecule has 0 aromatic heterocycles. The van der Waals surface area contributed by atoms with Gasteiger partial charge in [0.05, 0.1) is 19.8 Å². The van der Waals surface area contributed by atoms with E-state index in [4.69, 9.17) is 18.9 Å². The molecule has 30 heavy (non-hydrogen) atoms. The zero-order chi connectivity index (χ0) is 21.7. The summed E-state index contributed by atoms with van der Waals surface area (Å²) in [5.74, 6) is 0. The monoisotopic (exact) mass is 428 g/mol. The van der Waals surface area contributed by atoms with Gasteiger partial charge in [0.25, 0.3) is 0 Å². The molecule has 2 aliphatic rings. The lowest BCUT2D eigenvalue weighted by Gasteiger charge is -2.41. The molecule has 10 nitrogen and oxygen atoms in total. The van der Waals surface area contributed by atoms with Crippen LogP contribution in [0.25, 0.3) is 6.08 Å². The average molecular weight is 428 g/mol. The van der Waals surface area contributed by atoms with Gasteiger partial charge in [0.1, 0.15) is 42.7 Å². The van der Waals surface area contributed by atoms with E-state index in [0.717, 1.165) is 5.56 Å². The summed E-state index contributed by atoms with van der Waals surface area (Å²) >= 11 is 0. The molecule has 0 unspecified atom stereocenters. The fourth-order valence-electron chi connectivity index (χ4n) is 3.21. The molecule has 2 fully saturated rings. The Balaban J connectivity index is 1.52. The molecule has 10 heteroatoms. The summed E-state index contributed by atoms with van der Waals surface area (Å²) in [4.78, 5) is 0. The zero-order valence-corrected chi connectivity index (χ0v) is 16.2. The minimum Gasteiger partial charge on any atom is -0.388 e. The van der Waals surface area contributed by atoms with Crippen molar-refractivity contribution in [2.24, 2.45) is 0 Å². The van der Waals surface area contributed by atoms with Crippen LogP contribution < -0.4 is 0 Å². The largest absolute Gasteiger partial charge is 0.388 e. The quantitative estimate of drug-likeness (QED) is 0.286. The zero-order valence-electron chi connectivity index (χ0n) is 16.2. The molecule has 168 valence electrons. The molecule has 0 aliphatic carbocycles. The molecule has 0 spiro atoms. The van der Waals surface area contributed by atoms with E-state index in [9.17, 15) is 30.6 Å². The van der Waals surface area contributed by atoms with Gasteiger partial charge >= 0.3 is 0 Å². The van der Waals surface area contributed by atoms with Gasteiger partial charge in [0, 0.05) is 0 Å². The summed E-state index contributed by atoms with van der Waals surface area (Å²) in [6.45, 7) is -0.478. The van der Waals surface area contributed by atoms with Crippen LogP contribution in [-0.2, 0) is 18.9 Å². The van der Waals surface area contributed by atoms with Crippen LogP contribution in [0.1, 0.15) is 5.56 Å². The van der Waals surface area contributed by atoms with E-state index in [2.05, 4.69) is 0 Å². The lowest BCUT2D eigenvalue weighted by Crippen LogP contribution is -2.60. The number of hydrogen-bond donors (Lipinski definition) is 6. The molecule has 6 N–H and O–H groups in total. The fraction of sp³-hybridized carbons (Fsp3) is 0.600. The van der Waals surface area contributed by atoms with Gasteiger partial charge in [0.15, 0.2) is 12.6 Å². The Labute approximate surface area is 173 Å². The average Bonchev–Trinajstić information content (AvgIpc) is 2.76. The van der Waals surface area contributed by atoms with Crippen molar-refractivity contribution in [1.29, 1.82) is 0 Å². The number of aliphatic hydroxyl groups is 6. The Kier molecular flexibility index (Phi) is 8.31. The van der Waals surface area contributed by atoms with Crippen LogP contribution in [0.4, 0.5) is 0 Å². The van der Waals surface area contributed by atoms with Crippen molar-refractivity contribution in [1.82, 2.24) is 0 Å². The summed E-state index contributed by atoms with van der Waals surface area (Å²) in [6, 6.07) is 9.50. The molecule has 0 amide bonds. The van der Waals surface area contributed by atoms with E-state index in [1.165, 1.54) is 0 Å². The summed E-state index contributed by atoms with van der Waals surface area (Å²) in [7, 11) is 0. The number of ether oxygens (including phenoxy) is 4. The van der Waals surface area contributed by atoms with E-state index in [0.29, 0.717) is 0 Å². The maximum Gasteiger partial charge on any atom is 0.187 e. The van der Waals surface area contributed by atoms with Crippen LogP contribution in [0.5, 0.6) is 0 Å². The summed E-state index contributed by atoms with van der Waals surface area (Å²) in [6.07, 6.45) is -8.71. The molecular formula is C20H28O10. The Morgan fingerprint density at radius 3 is 2.27 bits per heavy atom. The van der Waals surface area contributed by atoms with E-state index in [1.54, 1.807) is 6.08 Å². The van der Waals surface area contributed by atoms with Crippen molar-refractivity contribution in [2.75, 3.05) is 19.8 Å². The number of benzene rings is 1. The van der Waals surface area contributed by atoms with Crippen LogP contribution in [0, 0.1) is 0 Å². The third-order valence-electron chi connectivity index (χ3n) is 5.01. The Hall–Kier alpha value is -1.44. The Bertz CT molecular complexity index is 671. The van der Waals surface area contributed by atoms with Crippen LogP contribution in [0.3, 0.4) is 0 Å². The van der Waals surface area contributed by atoms with E-state index >= 15 is 0 Å². The second-order valence-electron chi connectivity index (χ2n) is 7.24. The van der Waals surface area contributed by atoms with E-state index < -0.39 is 55.3 Å². The van der Waals surface area contributed by atoms with Gasteiger partial charge in [-0.25, -0.2) is 0 Å². The van der Waals surface area contributed by atoms with Crippen LogP contribution in [-0.4, -0.2) is 106 Å². The first-order valence-corrected chi connectivity index (χ1v) is 9.68. The maximum absolute atomic E-state index is 10.2. The van der Waals surface area contributed by atoms with Gasteiger partial charge < -0.3 is 49.6 Å². The third-order valence-corrected chi connectivity index (χ3v) is 5.01. The predicted molar refractivity (Wildman–Crippen MR) is 102 cm³/mol. The first-order valence-electron chi connectivity index (χ1n) is 9.68. The molecular weight excluding hydrogens is 400 g/mol. The molecule has 2 heterocycles. The van der Waals surface area contributed by atoms with Crippen LogP contribution in [0.2, 0.25) is 0 Å². The van der Waals surface area contributed by atoms with E-state index in [1.807, 2.05) is 36.4 Å². The van der Waals surface area contributed by atoms with Crippen molar-refractivity contribution in [3.05, 3.63) is 42.0 Å². The second kappa shape index (κ2) is 10.7. The summed E-state index contributed by atoms with van der Waals surface area (Å²) in [5, 5.41) is 59.4. The van der Waals surface area contributed by atoms with Crippen molar-refractivity contribution in [2.45, 2.75) is 55.3 Å². The van der Waals surface area contributed by atoms with Crippen LogP contribution >= 0.6 is 0 Å². The number of hydrogen-bond acceptors (Lipinski definition) is 10. The molecule has 2 saturated heterocycles. The highest BCUT2D eigenvalue weighted by molar-refractivity contribution is 5.48. The van der Waals surface area contributed by atoms with Gasteiger partial charge in [-0.05, 0) is 5.56 Å². The van der Waals surface area contributed by atoms with Crippen molar-refractivity contribution in [3.63, 3.8) is 0 Å². The van der Waals surface area contributed by atoms with E-state index in [-0.39, 0.29) is 19.8 Å². The molecule has 2 aliphatic heterocycles. The lowest BCUT2D eigenvalue weighted by atomic mass is 9.99. The normalized spacial score (nSPS) is 40.0. The predicted octanol–water partition coefficient (Wildman–Crippen LogP) is -2.02. The minimum absolute atomic E-state index is 0.0849. The first-order chi connectivity index (χ1) is 14.4. The van der Waals surface area contributed by atoms with Gasteiger partial charge in [-0.3, -0.25) is 0 Å². The lowest BCUT2D eigenvalue weighted by molar-refractivity contribution is -0.319. The highest BCUT2D eigenvalue weighted by Gasteiger charge is 2.45. The van der Waals surface area contributed by atoms with Gasteiger partial charge in [0.2, 0.25) is 0 Å². The van der Waals surface area contributed by atoms with Gasteiger partial charge in [-0.15, -0.1) is 0 Å². The fourth-order valence-corrected chi connectivity index (χ4v) is 3.21. The summed E-state index contributed by atoms with van der Waals surface area (Å²) in [5.41, 5.74) is 0.964. The highest BCUT2D eigenvalue weighted by Crippen LogP contribution is 2.24. The summed E-state index contributed by atoms with van der Waals surface area (Å²) < 4.78 is 21.5. The standard InChI is InChI=1S/C20H28O10/c21-12-9-28-19(17(25)14(12)22)29-10-13-15(23)16(24)18(26)20(30-13)27-8-4-7-11-5-2-1-3-6-11/h1-7,12-26H,8-10H2/t12-,13-,14+,15-,16+,17-,18-,19+,20+/m1/s1. The minimum atomic E-state index is -1.54.